The Morgan fingerprint density at radius 3 is 2.48 bits per heavy atom. The number of aliphatic carboxylic acids is 1. The molecule has 2 aliphatic rings. The van der Waals surface area contributed by atoms with E-state index in [0.717, 1.165) is 49.9 Å². The zero-order valence-corrected chi connectivity index (χ0v) is 18.3. The molecule has 8 heteroatoms. The zero-order chi connectivity index (χ0) is 23.0. The summed E-state index contributed by atoms with van der Waals surface area (Å²) in [6.07, 6.45) is 1.55. The average Bonchev–Trinajstić information content (AvgIpc) is 3.13. The lowest BCUT2D eigenvalue weighted by Crippen LogP contribution is -2.36. The van der Waals surface area contributed by atoms with Crippen molar-refractivity contribution < 1.29 is 27.9 Å². The van der Waals surface area contributed by atoms with Gasteiger partial charge in [0.2, 0.25) is 5.91 Å². The van der Waals surface area contributed by atoms with Gasteiger partial charge >= 0.3 is 12.1 Å². The van der Waals surface area contributed by atoms with Crippen LogP contribution in [0, 0.1) is 11.8 Å². The summed E-state index contributed by atoms with van der Waals surface area (Å²) in [4.78, 5) is 25.8. The van der Waals surface area contributed by atoms with Crippen molar-refractivity contribution in [3.8, 4) is 0 Å². The molecule has 0 aliphatic carbocycles. The summed E-state index contributed by atoms with van der Waals surface area (Å²) in [5, 5.41) is 7.12. The van der Waals surface area contributed by atoms with Gasteiger partial charge in [-0.15, -0.1) is 0 Å². The number of carboxylic acid groups (broad SMARTS) is 1. The van der Waals surface area contributed by atoms with Crippen molar-refractivity contribution in [3.05, 3.63) is 29.8 Å². The molecule has 1 aromatic carbocycles. The first-order valence-electron chi connectivity index (χ1n) is 11.0. The van der Waals surface area contributed by atoms with Crippen LogP contribution in [0.1, 0.15) is 51.5 Å². The van der Waals surface area contributed by atoms with Crippen molar-refractivity contribution in [1.82, 2.24) is 4.90 Å². The van der Waals surface area contributed by atoms with Crippen LogP contribution in [0.25, 0.3) is 0 Å². The van der Waals surface area contributed by atoms with Crippen molar-refractivity contribution in [2.45, 2.75) is 58.5 Å². The fraction of sp³-hybridized carbons (Fsp3) is 0.652. The smallest absolute Gasteiger partial charge is 0.475 e. The van der Waals surface area contributed by atoms with Gasteiger partial charge in [0, 0.05) is 31.7 Å². The molecule has 0 bridgehead atoms. The van der Waals surface area contributed by atoms with E-state index in [1.54, 1.807) is 0 Å². The summed E-state index contributed by atoms with van der Waals surface area (Å²) in [5.74, 6) is -0.774. The Balaban J connectivity index is 0.000000423. The normalized spacial score (nSPS) is 20.0. The summed E-state index contributed by atoms with van der Waals surface area (Å²) >= 11 is 0. The second-order valence-electron chi connectivity index (χ2n) is 8.77. The van der Waals surface area contributed by atoms with Gasteiger partial charge in [0.15, 0.2) is 0 Å². The largest absolute Gasteiger partial charge is 0.490 e. The number of hydrogen-bond donors (Lipinski definition) is 1. The number of hydrogen-bond acceptors (Lipinski definition) is 3. The number of carbonyl (C=O) groups is 2. The number of piperidine rings is 1. The Kier molecular flexibility index (Phi) is 9.34. The van der Waals surface area contributed by atoms with E-state index in [1.807, 2.05) is 4.90 Å². The molecule has 31 heavy (non-hydrogen) atoms. The number of halogens is 3. The second-order valence-corrected chi connectivity index (χ2v) is 8.77. The van der Waals surface area contributed by atoms with E-state index in [4.69, 9.17) is 9.90 Å². The lowest BCUT2D eigenvalue weighted by atomic mass is 9.97. The van der Waals surface area contributed by atoms with Gasteiger partial charge in [0.05, 0.1) is 0 Å². The summed E-state index contributed by atoms with van der Waals surface area (Å²) in [6, 6.07) is 8.51. The van der Waals surface area contributed by atoms with Gasteiger partial charge < -0.3 is 14.9 Å². The second kappa shape index (κ2) is 11.5. The molecule has 5 nitrogen and oxygen atoms in total. The van der Waals surface area contributed by atoms with E-state index in [-0.39, 0.29) is 0 Å². The molecule has 2 fully saturated rings. The van der Waals surface area contributed by atoms with Crippen LogP contribution < -0.4 is 4.90 Å². The number of benzene rings is 1. The standard InChI is InChI=1S/C21H32N2O.C2HF3O2/c1-17(2)15-18-10-13-22(16-18)14-11-19-7-3-4-8-20(19)23-12-6-5-9-21(23)24;3-2(4,5)1(6)7/h3-4,7-8,17-18H,5-6,9-16H2,1-2H3;(H,6,7). The fourth-order valence-electron chi connectivity index (χ4n) is 4.30. The van der Waals surface area contributed by atoms with Gasteiger partial charge in [0.25, 0.3) is 0 Å². The number of nitrogens with zero attached hydrogens (tertiary/aromatic N) is 2. The molecule has 174 valence electrons. The van der Waals surface area contributed by atoms with Crippen LogP contribution in [0.4, 0.5) is 18.9 Å². The molecule has 1 amide bonds. The summed E-state index contributed by atoms with van der Waals surface area (Å²) in [5.41, 5.74) is 2.49. The maximum Gasteiger partial charge on any atom is 0.490 e. The van der Waals surface area contributed by atoms with E-state index in [1.165, 1.54) is 31.5 Å². The first-order valence-corrected chi connectivity index (χ1v) is 11.0. The average molecular weight is 443 g/mol. The molecular formula is C23H33F3N2O3. The highest BCUT2D eigenvalue weighted by atomic mass is 19.4. The molecule has 0 radical (unpaired) electrons. The SMILES string of the molecule is CC(C)CC1CCN(CCc2ccccc2N2CCCCC2=O)C1.O=C(O)C(F)(F)F. The Morgan fingerprint density at radius 1 is 1.19 bits per heavy atom. The molecule has 0 spiro atoms. The minimum absolute atomic E-state index is 0.298. The van der Waals surface area contributed by atoms with E-state index in [0.29, 0.717) is 12.3 Å². The van der Waals surface area contributed by atoms with Crippen molar-refractivity contribution in [2.24, 2.45) is 11.8 Å². The zero-order valence-electron chi connectivity index (χ0n) is 18.3. The van der Waals surface area contributed by atoms with E-state index >= 15 is 0 Å². The number of para-hydroxylation sites is 1. The highest BCUT2D eigenvalue weighted by Gasteiger charge is 2.38. The topological polar surface area (TPSA) is 60.9 Å². The minimum atomic E-state index is -5.08. The fourth-order valence-corrected chi connectivity index (χ4v) is 4.30. The van der Waals surface area contributed by atoms with Gasteiger partial charge in [-0.05, 0) is 62.1 Å². The first kappa shape index (κ1) is 25.2. The molecule has 2 aliphatic heterocycles. The molecule has 0 aromatic heterocycles. The quantitative estimate of drug-likeness (QED) is 0.691. The maximum atomic E-state index is 12.3. The maximum absolute atomic E-state index is 12.3. The molecule has 1 atom stereocenters. The van der Waals surface area contributed by atoms with Gasteiger partial charge in [-0.1, -0.05) is 32.0 Å². The Labute approximate surface area is 182 Å². The predicted octanol–water partition coefficient (Wildman–Crippen LogP) is 4.75. The first-order chi connectivity index (χ1) is 14.6. The van der Waals surface area contributed by atoms with Crippen LogP contribution in [0.3, 0.4) is 0 Å². The lowest BCUT2D eigenvalue weighted by Gasteiger charge is -2.29. The molecule has 1 aromatic rings. The third-order valence-electron chi connectivity index (χ3n) is 5.72. The van der Waals surface area contributed by atoms with E-state index in [2.05, 4.69) is 43.0 Å². The third-order valence-corrected chi connectivity index (χ3v) is 5.72. The van der Waals surface area contributed by atoms with Crippen LogP contribution in [0.5, 0.6) is 0 Å². The summed E-state index contributed by atoms with van der Waals surface area (Å²) < 4.78 is 31.7. The molecular weight excluding hydrogens is 409 g/mol. The van der Waals surface area contributed by atoms with Crippen LogP contribution in [-0.4, -0.2) is 54.2 Å². The number of rotatable bonds is 6. The molecule has 1 N–H and O–H groups in total. The molecule has 3 rings (SSSR count). The van der Waals surface area contributed by atoms with Gasteiger partial charge in [-0.25, -0.2) is 4.79 Å². The number of carboxylic acids is 1. The van der Waals surface area contributed by atoms with Gasteiger partial charge in [0.1, 0.15) is 0 Å². The van der Waals surface area contributed by atoms with Gasteiger partial charge in [-0.3, -0.25) is 4.79 Å². The van der Waals surface area contributed by atoms with Crippen LogP contribution in [-0.2, 0) is 16.0 Å². The molecule has 2 heterocycles. The Hall–Kier alpha value is -2.09. The number of alkyl halides is 3. The summed E-state index contributed by atoms with van der Waals surface area (Å²) in [7, 11) is 0. The van der Waals surface area contributed by atoms with Crippen molar-refractivity contribution >= 4 is 17.6 Å². The predicted molar refractivity (Wildman–Crippen MR) is 114 cm³/mol. The number of amides is 1. The highest BCUT2D eigenvalue weighted by Crippen LogP contribution is 2.27. The number of likely N-dealkylation sites (tertiary alicyclic amines) is 1. The van der Waals surface area contributed by atoms with Crippen LogP contribution in [0.2, 0.25) is 0 Å². The van der Waals surface area contributed by atoms with E-state index in [9.17, 15) is 18.0 Å². The monoisotopic (exact) mass is 442 g/mol. The van der Waals surface area contributed by atoms with E-state index < -0.39 is 12.1 Å². The van der Waals surface area contributed by atoms with Crippen LogP contribution >= 0.6 is 0 Å². The number of anilines is 1. The molecule has 2 saturated heterocycles. The van der Waals surface area contributed by atoms with Gasteiger partial charge in [-0.2, -0.15) is 13.2 Å². The lowest BCUT2D eigenvalue weighted by molar-refractivity contribution is -0.192. The molecule has 0 saturated carbocycles. The minimum Gasteiger partial charge on any atom is -0.475 e. The number of carbonyl (C=O) groups excluding carboxylic acids is 1. The van der Waals surface area contributed by atoms with Crippen molar-refractivity contribution in [1.29, 1.82) is 0 Å². The Morgan fingerprint density at radius 2 is 1.87 bits per heavy atom. The van der Waals surface area contributed by atoms with Crippen molar-refractivity contribution in [2.75, 3.05) is 31.1 Å². The summed E-state index contributed by atoms with van der Waals surface area (Å²) in [6.45, 7) is 9.15. The Bertz CT molecular complexity index is 737. The highest BCUT2D eigenvalue weighted by molar-refractivity contribution is 5.94. The third kappa shape index (κ3) is 8.16. The van der Waals surface area contributed by atoms with Crippen molar-refractivity contribution in [3.63, 3.8) is 0 Å². The van der Waals surface area contributed by atoms with Crippen LogP contribution in [0.15, 0.2) is 24.3 Å². The molecule has 1 unspecified atom stereocenters.